The fourth-order valence-electron chi connectivity index (χ4n) is 2.61. The molecule has 5 nitrogen and oxygen atoms in total. The summed E-state index contributed by atoms with van der Waals surface area (Å²) in [5.74, 6) is 0.527. The van der Waals surface area contributed by atoms with Crippen molar-refractivity contribution in [3.63, 3.8) is 0 Å². The second-order valence-electron chi connectivity index (χ2n) is 5.44. The number of aromatic nitrogens is 3. The summed E-state index contributed by atoms with van der Waals surface area (Å²) in [6.45, 7) is 0. The van der Waals surface area contributed by atoms with E-state index in [1.165, 1.54) is 0 Å². The quantitative estimate of drug-likeness (QED) is 0.462. The maximum atomic E-state index is 12.6. The molecule has 0 saturated carbocycles. The van der Waals surface area contributed by atoms with E-state index in [4.69, 9.17) is 0 Å². The monoisotopic (exact) mass is 440 g/mol. The number of nitrogens with zero attached hydrogens (tertiary/aromatic N) is 2. The van der Waals surface area contributed by atoms with Gasteiger partial charge in [-0.2, -0.15) is 0 Å². The van der Waals surface area contributed by atoms with Crippen LogP contribution in [0.2, 0.25) is 0 Å². The van der Waals surface area contributed by atoms with Gasteiger partial charge in [0, 0.05) is 15.3 Å². The van der Waals surface area contributed by atoms with Gasteiger partial charge in [-0.1, -0.05) is 24.3 Å². The fourth-order valence-corrected chi connectivity index (χ4v) is 3.24. The molecule has 122 valence electrons. The molecule has 2 N–H and O–H groups in total. The Labute approximate surface area is 157 Å². The average molecular weight is 440 g/mol. The first-order valence-corrected chi connectivity index (χ1v) is 8.76. The van der Waals surface area contributed by atoms with E-state index in [1.807, 2.05) is 60.7 Å². The summed E-state index contributed by atoms with van der Waals surface area (Å²) >= 11 is 2.16. The molecule has 0 atom stereocenters. The second kappa shape index (κ2) is 6.64. The molecule has 4 rings (SSSR count). The van der Waals surface area contributed by atoms with Crippen molar-refractivity contribution in [2.75, 3.05) is 5.32 Å². The van der Waals surface area contributed by atoms with Crippen LogP contribution in [0.3, 0.4) is 0 Å². The minimum atomic E-state index is -0.147. The smallest absolute Gasteiger partial charge is 0.256 e. The minimum Gasteiger partial charge on any atom is -0.337 e. The lowest BCUT2D eigenvalue weighted by molar-refractivity contribution is 0.102. The van der Waals surface area contributed by atoms with Crippen molar-refractivity contribution in [2.45, 2.75) is 0 Å². The van der Waals surface area contributed by atoms with Gasteiger partial charge in [-0.3, -0.25) is 4.79 Å². The van der Waals surface area contributed by atoms with E-state index in [1.54, 1.807) is 6.20 Å². The number of fused-ring (bicyclic) bond motifs is 1. The van der Waals surface area contributed by atoms with Crippen LogP contribution in [0.25, 0.3) is 22.6 Å². The largest absolute Gasteiger partial charge is 0.337 e. The number of aromatic amines is 1. The molecular formula is C19H13IN4O. The van der Waals surface area contributed by atoms with E-state index in [2.05, 4.69) is 42.9 Å². The average Bonchev–Trinajstić information content (AvgIpc) is 3.06. The maximum Gasteiger partial charge on any atom is 0.256 e. The van der Waals surface area contributed by atoms with Crippen LogP contribution in [0, 0.1) is 3.57 Å². The first-order chi connectivity index (χ1) is 12.2. The van der Waals surface area contributed by atoms with Gasteiger partial charge < -0.3 is 10.3 Å². The number of halogens is 1. The highest BCUT2D eigenvalue weighted by Gasteiger charge is 2.14. The third kappa shape index (κ3) is 3.12. The van der Waals surface area contributed by atoms with Gasteiger partial charge in [0.25, 0.3) is 5.91 Å². The van der Waals surface area contributed by atoms with Gasteiger partial charge in [0.15, 0.2) is 5.65 Å². The zero-order valence-electron chi connectivity index (χ0n) is 13.0. The molecule has 6 heteroatoms. The van der Waals surface area contributed by atoms with Crippen LogP contribution in [-0.2, 0) is 0 Å². The molecule has 0 fully saturated rings. The number of amides is 1. The summed E-state index contributed by atoms with van der Waals surface area (Å²) in [7, 11) is 0. The number of rotatable bonds is 3. The number of anilines is 1. The number of carbonyl (C=O) groups is 1. The Balaban J connectivity index is 1.72. The summed E-state index contributed by atoms with van der Waals surface area (Å²) in [6.07, 6.45) is 1.71. The number of imidazole rings is 1. The van der Waals surface area contributed by atoms with E-state index < -0.39 is 0 Å². The van der Waals surface area contributed by atoms with E-state index >= 15 is 0 Å². The number of carbonyl (C=O) groups excluding carboxylic acids is 1. The fraction of sp³-hybridized carbons (Fsp3) is 0. The van der Waals surface area contributed by atoms with Crippen molar-refractivity contribution in [2.24, 2.45) is 0 Å². The van der Waals surface area contributed by atoms with Crippen LogP contribution in [0.15, 0.2) is 66.9 Å². The number of hydrogen-bond acceptors (Lipinski definition) is 3. The Morgan fingerprint density at radius 1 is 1.00 bits per heavy atom. The van der Waals surface area contributed by atoms with Gasteiger partial charge in [0.05, 0.1) is 16.8 Å². The van der Waals surface area contributed by atoms with Gasteiger partial charge in [0.1, 0.15) is 5.82 Å². The Kier molecular flexibility index (Phi) is 4.19. The van der Waals surface area contributed by atoms with Gasteiger partial charge in [0.2, 0.25) is 0 Å². The lowest BCUT2D eigenvalue weighted by Gasteiger charge is -2.10. The predicted molar refractivity (Wildman–Crippen MR) is 106 cm³/mol. The van der Waals surface area contributed by atoms with Crippen molar-refractivity contribution >= 4 is 45.3 Å². The van der Waals surface area contributed by atoms with Gasteiger partial charge in [-0.15, -0.1) is 0 Å². The number of para-hydroxylation sites is 1. The second-order valence-corrected chi connectivity index (χ2v) is 6.60. The number of pyridine rings is 1. The third-order valence-corrected chi connectivity index (χ3v) is 4.75. The van der Waals surface area contributed by atoms with Crippen molar-refractivity contribution in [1.29, 1.82) is 0 Å². The molecule has 0 bridgehead atoms. The Hall–Kier alpha value is -2.74. The number of nitrogens with one attached hydrogen (secondary N) is 2. The molecule has 0 unspecified atom stereocenters. The molecule has 4 aromatic rings. The molecule has 0 aliphatic carbocycles. The highest BCUT2D eigenvalue weighted by molar-refractivity contribution is 14.1. The third-order valence-electron chi connectivity index (χ3n) is 3.81. The van der Waals surface area contributed by atoms with E-state index in [0.717, 1.165) is 14.7 Å². The molecular weight excluding hydrogens is 427 g/mol. The predicted octanol–water partition coefficient (Wildman–Crippen LogP) is 4.48. The zero-order valence-corrected chi connectivity index (χ0v) is 15.2. The summed E-state index contributed by atoms with van der Waals surface area (Å²) in [4.78, 5) is 24.7. The van der Waals surface area contributed by atoms with Crippen molar-refractivity contribution in [1.82, 2.24) is 15.0 Å². The van der Waals surface area contributed by atoms with Crippen molar-refractivity contribution < 1.29 is 4.79 Å². The van der Waals surface area contributed by atoms with Crippen LogP contribution in [0.4, 0.5) is 5.69 Å². The molecule has 2 aromatic heterocycles. The van der Waals surface area contributed by atoms with Crippen LogP contribution < -0.4 is 5.32 Å². The van der Waals surface area contributed by atoms with Crippen LogP contribution in [-0.4, -0.2) is 20.9 Å². The normalized spacial score (nSPS) is 10.8. The molecule has 0 saturated heterocycles. The summed E-state index contributed by atoms with van der Waals surface area (Å²) in [5.41, 5.74) is 3.67. The SMILES string of the molecule is O=C(Nc1ccccc1-c1nc2ncccc2[nH]1)c1ccccc1I. The van der Waals surface area contributed by atoms with Crippen LogP contribution in [0.1, 0.15) is 10.4 Å². The van der Waals surface area contributed by atoms with Gasteiger partial charge >= 0.3 is 0 Å². The molecule has 25 heavy (non-hydrogen) atoms. The van der Waals surface area contributed by atoms with Crippen molar-refractivity contribution in [3.05, 3.63) is 76.0 Å². The Bertz CT molecular complexity index is 1040. The van der Waals surface area contributed by atoms with E-state index in [9.17, 15) is 4.79 Å². The highest BCUT2D eigenvalue weighted by Crippen LogP contribution is 2.27. The summed E-state index contributed by atoms with van der Waals surface area (Å²) in [5, 5.41) is 2.99. The van der Waals surface area contributed by atoms with E-state index in [-0.39, 0.29) is 5.91 Å². The minimum absolute atomic E-state index is 0.147. The standard InChI is InChI=1S/C19H13IN4O/c20-14-8-3-1-6-12(14)19(25)23-15-9-4-2-7-13(15)17-22-16-10-5-11-21-18(16)24-17/h1-11H,(H,23,25)(H,21,22,24). The van der Waals surface area contributed by atoms with Crippen LogP contribution in [0.5, 0.6) is 0 Å². The van der Waals surface area contributed by atoms with Crippen molar-refractivity contribution in [3.8, 4) is 11.4 Å². The van der Waals surface area contributed by atoms with E-state index in [0.29, 0.717) is 22.7 Å². The van der Waals surface area contributed by atoms with Gasteiger partial charge in [-0.05, 0) is 59.0 Å². The lowest BCUT2D eigenvalue weighted by Crippen LogP contribution is -2.14. The number of hydrogen-bond donors (Lipinski definition) is 2. The topological polar surface area (TPSA) is 70.7 Å². The molecule has 0 aliphatic heterocycles. The summed E-state index contributed by atoms with van der Waals surface area (Å²) < 4.78 is 0.906. The first-order valence-electron chi connectivity index (χ1n) is 7.68. The lowest BCUT2D eigenvalue weighted by atomic mass is 10.1. The molecule has 1 amide bonds. The molecule has 0 spiro atoms. The number of benzene rings is 2. The number of H-pyrrole nitrogens is 1. The highest BCUT2D eigenvalue weighted by atomic mass is 127. The maximum absolute atomic E-state index is 12.6. The first kappa shape index (κ1) is 15.8. The molecule has 2 heterocycles. The van der Waals surface area contributed by atoms with Crippen LogP contribution >= 0.6 is 22.6 Å². The Morgan fingerprint density at radius 3 is 2.64 bits per heavy atom. The molecule has 2 aromatic carbocycles. The molecule has 0 aliphatic rings. The van der Waals surface area contributed by atoms with Gasteiger partial charge in [-0.25, -0.2) is 9.97 Å². The zero-order chi connectivity index (χ0) is 17.2. The summed E-state index contributed by atoms with van der Waals surface area (Å²) in [6, 6.07) is 18.8. The Morgan fingerprint density at radius 2 is 1.80 bits per heavy atom. The molecule has 0 radical (unpaired) electrons.